The van der Waals surface area contributed by atoms with Crippen molar-refractivity contribution in [2.24, 2.45) is 17.3 Å². The summed E-state index contributed by atoms with van der Waals surface area (Å²) in [5.41, 5.74) is 3.01. The van der Waals surface area contributed by atoms with E-state index < -0.39 is 0 Å². The maximum atomic E-state index is 14.1. The third kappa shape index (κ3) is 2.39. The highest BCUT2D eigenvalue weighted by atomic mass is 19.1. The molecule has 2 aliphatic heterocycles. The molecule has 4 unspecified atom stereocenters. The summed E-state index contributed by atoms with van der Waals surface area (Å²) in [7, 11) is 0. The molecule has 0 amide bonds. The van der Waals surface area contributed by atoms with Crippen molar-refractivity contribution < 1.29 is 9.18 Å². The van der Waals surface area contributed by atoms with Crippen LogP contribution in [0.3, 0.4) is 0 Å². The van der Waals surface area contributed by atoms with Gasteiger partial charge in [0.1, 0.15) is 11.6 Å². The molecular formula is C24H31FN2O. The van der Waals surface area contributed by atoms with E-state index in [1.807, 2.05) is 6.07 Å². The van der Waals surface area contributed by atoms with Crippen LogP contribution in [0.4, 0.5) is 10.1 Å². The number of likely N-dealkylation sites (tertiary alicyclic amines) is 1. The second-order valence-corrected chi connectivity index (χ2v) is 10.5. The number of rotatable bonds is 3. The van der Waals surface area contributed by atoms with Crippen molar-refractivity contribution in [3.63, 3.8) is 0 Å². The molecule has 4 heteroatoms. The summed E-state index contributed by atoms with van der Waals surface area (Å²) >= 11 is 0. The van der Waals surface area contributed by atoms with Crippen molar-refractivity contribution in [1.29, 1.82) is 0 Å². The van der Waals surface area contributed by atoms with Gasteiger partial charge in [-0.05, 0) is 106 Å². The number of halogens is 1. The van der Waals surface area contributed by atoms with Crippen LogP contribution in [0.15, 0.2) is 18.2 Å². The molecule has 5 aliphatic rings. The molecule has 0 N–H and O–H groups in total. The molecule has 2 spiro atoms. The number of carbonyl (C=O) groups excluding carboxylic acids is 1. The molecule has 4 atom stereocenters. The van der Waals surface area contributed by atoms with Gasteiger partial charge >= 0.3 is 0 Å². The number of fused-ring (bicyclic) bond motifs is 2. The largest absolute Gasteiger partial charge is 0.363 e. The van der Waals surface area contributed by atoms with Gasteiger partial charge in [0, 0.05) is 23.7 Å². The first kappa shape index (κ1) is 17.4. The van der Waals surface area contributed by atoms with Gasteiger partial charge in [0.25, 0.3) is 0 Å². The van der Waals surface area contributed by atoms with Crippen molar-refractivity contribution in [1.82, 2.24) is 4.90 Å². The quantitative estimate of drug-likeness (QED) is 0.785. The average Bonchev–Trinajstić information content (AvgIpc) is 2.94. The molecule has 28 heavy (non-hydrogen) atoms. The Kier molecular flexibility index (Phi) is 3.62. The van der Waals surface area contributed by atoms with Crippen molar-refractivity contribution in [3.05, 3.63) is 29.6 Å². The molecule has 1 saturated heterocycles. The van der Waals surface area contributed by atoms with Crippen LogP contribution in [0.25, 0.3) is 0 Å². The fourth-order valence-electron chi connectivity index (χ4n) is 7.78. The monoisotopic (exact) mass is 382 g/mol. The van der Waals surface area contributed by atoms with Crippen LogP contribution in [-0.4, -0.2) is 42.9 Å². The van der Waals surface area contributed by atoms with E-state index in [0.717, 1.165) is 67.0 Å². The smallest absolute Gasteiger partial charge is 0.149 e. The highest BCUT2D eigenvalue weighted by Crippen LogP contribution is 2.73. The molecule has 3 nitrogen and oxygen atoms in total. The second-order valence-electron chi connectivity index (χ2n) is 10.5. The first-order valence-corrected chi connectivity index (χ1v) is 11.3. The predicted molar refractivity (Wildman–Crippen MR) is 108 cm³/mol. The summed E-state index contributed by atoms with van der Waals surface area (Å²) in [4.78, 5) is 16.7. The molecule has 0 radical (unpaired) electrons. The first-order chi connectivity index (χ1) is 13.5. The number of anilines is 1. The maximum absolute atomic E-state index is 14.1. The Morgan fingerprint density at radius 3 is 2.68 bits per heavy atom. The van der Waals surface area contributed by atoms with E-state index in [9.17, 15) is 9.18 Å². The van der Waals surface area contributed by atoms with Gasteiger partial charge in [-0.3, -0.25) is 4.79 Å². The SMILES string of the molecule is CC(=O)CN1CC2(CCN(C3CC4CCC5CC45C3)CC2)c2cc(F)ccc21. The van der Waals surface area contributed by atoms with E-state index in [2.05, 4.69) is 9.80 Å². The molecular weight excluding hydrogens is 351 g/mol. The van der Waals surface area contributed by atoms with Crippen LogP contribution >= 0.6 is 0 Å². The maximum Gasteiger partial charge on any atom is 0.149 e. The van der Waals surface area contributed by atoms with E-state index in [0.29, 0.717) is 6.54 Å². The number of hydrogen-bond acceptors (Lipinski definition) is 3. The van der Waals surface area contributed by atoms with Crippen molar-refractivity contribution in [2.45, 2.75) is 63.3 Å². The van der Waals surface area contributed by atoms with Gasteiger partial charge in [-0.2, -0.15) is 0 Å². The molecule has 0 aromatic heterocycles. The Hall–Kier alpha value is -1.42. The molecule has 4 fully saturated rings. The summed E-state index contributed by atoms with van der Waals surface area (Å²) < 4.78 is 14.1. The van der Waals surface area contributed by atoms with Crippen molar-refractivity contribution >= 4 is 11.5 Å². The third-order valence-electron chi connectivity index (χ3n) is 9.18. The van der Waals surface area contributed by atoms with Crippen LogP contribution in [0, 0.1) is 23.1 Å². The number of nitrogens with zero attached hydrogens (tertiary/aromatic N) is 2. The number of ketones is 1. The summed E-state index contributed by atoms with van der Waals surface area (Å²) in [6.07, 6.45) is 9.53. The minimum Gasteiger partial charge on any atom is -0.363 e. The summed E-state index contributed by atoms with van der Waals surface area (Å²) in [6.45, 7) is 5.22. The van der Waals surface area contributed by atoms with E-state index in [1.165, 1.54) is 32.1 Å². The Morgan fingerprint density at radius 1 is 1.18 bits per heavy atom. The van der Waals surface area contributed by atoms with Gasteiger partial charge in [0.05, 0.1) is 6.54 Å². The first-order valence-electron chi connectivity index (χ1n) is 11.3. The van der Waals surface area contributed by atoms with Crippen LogP contribution in [0.2, 0.25) is 0 Å². The minimum absolute atomic E-state index is 0.0261. The standard InChI is InChI=1S/C24H31FN2O/c1-16(28)14-27-15-23(21-11-19(25)4-5-22(21)27)6-8-26(9-7-23)20-10-17-2-3-18-12-24(17,18)13-20/h4-5,11,17-18,20H,2-3,6-10,12-15H2,1H3. The molecule has 0 bridgehead atoms. The van der Waals surface area contributed by atoms with Gasteiger partial charge in [0.15, 0.2) is 0 Å². The van der Waals surface area contributed by atoms with Crippen molar-refractivity contribution in [2.75, 3.05) is 31.1 Å². The summed E-state index contributed by atoms with van der Waals surface area (Å²) in [5, 5.41) is 0. The highest BCUT2D eigenvalue weighted by Gasteiger charge is 2.66. The zero-order chi connectivity index (χ0) is 19.1. The van der Waals surface area contributed by atoms with Crippen molar-refractivity contribution in [3.8, 4) is 0 Å². The lowest BCUT2D eigenvalue weighted by Gasteiger charge is -2.42. The van der Waals surface area contributed by atoms with E-state index in [4.69, 9.17) is 0 Å². The molecule has 1 aromatic carbocycles. The molecule has 1 aromatic rings. The normalized spacial score (nSPS) is 37.8. The van der Waals surface area contributed by atoms with Crippen LogP contribution in [-0.2, 0) is 10.2 Å². The minimum atomic E-state index is -0.146. The number of piperidine rings is 1. The highest BCUT2D eigenvalue weighted by molar-refractivity contribution is 5.82. The van der Waals surface area contributed by atoms with E-state index in [-0.39, 0.29) is 17.0 Å². The van der Waals surface area contributed by atoms with Gasteiger partial charge in [-0.25, -0.2) is 4.39 Å². The number of benzene rings is 1. The Balaban J connectivity index is 1.20. The Morgan fingerprint density at radius 2 is 1.96 bits per heavy atom. The lowest BCUT2D eigenvalue weighted by molar-refractivity contribution is -0.115. The molecule has 6 rings (SSSR count). The fraction of sp³-hybridized carbons (Fsp3) is 0.708. The Bertz CT molecular complexity index is 830. The van der Waals surface area contributed by atoms with Crippen LogP contribution in [0.1, 0.15) is 57.4 Å². The Labute approximate surface area is 167 Å². The van der Waals surface area contributed by atoms with Crippen LogP contribution < -0.4 is 4.90 Å². The summed E-state index contributed by atoms with van der Waals surface area (Å²) in [5.74, 6) is 2.10. The molecule has 3 saturated carbocycles. The fourth-order valence-corrected chi connectivity index (χ4v) is 7.78. The lowest BCUT2D eigenvalue weighted by Crippen LogP contribution is -2.48. The molecule has 150 valence electrons. The zero-order valence-corrected chi connectivity index (χ0v) is 16.9. The van der Waals surface area contributed by atoms with Gasteiger partial charge in [-0.15, -0.1) is 0 Å². The topological polar surface area (TPSA) is 23.6 Å². The number of hydrogen-bond donors (Lipinski definition) is 0. The van der Waals surface area contributed by atoms with Crippen LogP contribution in [0.5, 0.6) is 0 Å². The predicted octanol–water partition coefficient (Wildman–Crippen LogP) is 4.15. The molecule has 2 heterocycles. The lowest BCUT2D eigenvalue weighted by atomic mass is 9.74. The molecule has 3 aliphatic carbocycles. The zero-order valence-electron chi connectivity index (χ0n) is 16.9. The summed E-state index contributed by atoms with van der Waals surface area (Å²) in [6, 6.07) is 5.97. The second kappa shape index (κ2) is 5.81. The van der Waals surface area contributed by atoms with E-state index >= 15 is 0 Å². The third-order valence-corrected chi connectivity index (χ3v) is 9.18. The number of carbonyl (C=O) groups is 1. The van der Waals surface area contributed by atoms with Gasteiger partial charge < -0.3 is 9.80 Å². The van der Waals surface area contributed by atoms with E-state index in [1.54, 1.807) is 19.1 Å². The number of Topliss-reactive ketones (excluding diaryl/α,β-unsaturated/α-hetero) is 1. The average molecular weight is 383 g/mol. The van der Waals surface area contributed by atoms with Gasteiger partial charge in [0.2, 0.25) is 0 Å². The van der Waals surface area contributed by atoms with Gasteiger partial charge in [-0.1, -0.05) is 0 Å².